The number of rotatable bonds is 5. The van der Waals surface area contributed by atoms with Crippen molar-refractivity contribution in [1.82, 2.24) is 4.31 Å². The zero-order valence-electron chi connectivity index (χ0n) is 11.1. The summed E-state index contributed by atoms with van der Waals surface area (Å²) in [6, 6.07) is 3.04. The number of sulfonamides is 1. The molecule has 2 rings (SSSR count). The lowest BCUT2D eigenvalue weighted by Crippen LogP contribution is -2.42. The van der Waals surface area contributed by atoms with Crippen molar-refractivity contribution in [3.8, 4) is 0 Å². The van der Waals surface area contributed by atoms with Crippen LogP contribution in [0.5, 0.6) is 0 Å². The van der Waals surface area contributed by atoms with Gasteiger partial charge in [0.25, 0.3) is 10.0 Å². The molecule has 0 spiro atoms. The molecule has 20 heavy (non-hydrogen) atoms. The third kappa shape index (κ3) is 3.38. The van der Waals surface area contributed by atoms with Gasteiger partial charge in [0.1, 0.15) is 4.21 Å². The number of carbonyl (C=O) groups is 1. The fourth-order valence-corrected chi connectivity index (χ4v) is 5.20. The van der Waals surface area contributed by atoms with Crippen LogP contribution in [0.15, 0.2) is 16.3 Å². The molecular weight excluding hydrogens is 302 g/mol. The Morgan fingerprint density at radius 1 is 1.55 bits per heavy atom. The minimum Gasteiger partial charge on any atom is -0.481 e. The number of hydrogen-bond acceptors (Lipinski definition) is 5. The summed E-state index contributed by atoms with van der Waals surface area (Å²) in [7, 11) is -1.96. The summed E-state index contributed by atoms with van der Waals surface area (Å²) >= 11 is 1.02. The summed E-state index contributed by atoms with van der Waals surface area (Å²) in [5, 5.41) is 8.72. The van der Waals surface area contributed by atoms with Crippen molar-refractivity contribution in [2.45, 2.75) is 29.6 Å². The predicted molar refractivity (Wildman–Crippen MR) is 74.4 cm³/mol. The maximum absolute atomic E-state index is 12.5. The van der Waals surface area contributed by atoms with Crippen LogP contribution in [0.4, 0.5) is 0 Å². The molecule has 1 atom stereocenters. The number of aliphatic carboxylic acids is 1. The molecule has 1 aromatic rings. The minimum atomic E-state index is -3.54. The quantitative estimate of drug-likeness (QED) is 0.881. The van der Waals surface area contributed by atoms with Crippen molar-refractivity contribution in [2.75, 3.05) is 20.2 Å². The van der Waals surface area contributed by atoms with Crippen LogP contribution in [-0.4, -0.2) is 50.1 Å². The first-order valence-electron chi connectivity index (χ1n) is 6.27. The second kappa shape index (κ2) is 6.21. The Labute approximate surface area is 122 Å². The molecule has 2 heterocycles. The molecule has 6 nitrogen and oxygen atoms in total. The number of methoxy groups -OCH3 is 1. The van der Waals surface area contributed by atoms with E-state index in [1.807, 2.05) is 0 Å². The summed E-state index contributed by atoms with van der Waals surface area (Å²) in [6.07, 6.45) is 1.40. The minimum absolute atomic E-state index is 0.0722. The van der Waals surface area contributed by atoms with Crippen LogP contribution in [0, 0.1) is 0 Å². The second-order valence-electron chi connectivity index (χ2n) is 4.65. The number of hydrogen-bond donors (Lipinski definition) is 1. The fourth-order valence-electron chi connectivity index (χ4n) is 2.18. The van der Waals surface area contributed by atoms with Crippen molar-refractivity contribution in [3.05, 3.63) is 17.0 Å². The molecule has 112 valence electrons. The number of carboxylic acids is 1. The second-order valence-corrected chi connectivity index (χ2v) is 7.99. The maximum atomic E-state index is 12.5. The molecule has 1 unspecified atom stereocenters. The molecule has 0 saturated carbocycles. The van der Waals surface area contributed by atoms with Gasteiger partial charge >= 0.3 is 5.97 Å². The Morgan fingerprint density at radius 2 is 2.30 bits per heavy atom. The molecule has 1 saturated heterocycles. The van der Waals surface area contributed by atoms with E-state index in [4.69, 9.17) is 9.84 Å². The molecule has 1 aliphatic rings. The smallest absolute Gasteiger partial charge is 0.308 e. The normalized spacial score (nSPS) is 20.9. The van der Waals surface area contributed by atoms with Crippen LogP contribution in [0.25, 0.3) is 0 Å². The first-order valence-corrected chi connectivity index (χ1v) is 8.52. The van der Waals surface area contributed by atoms with E-state index in [1.165, 1.54) is 10.4 Å². The molecule has 0 bridgehead atoms. The average Bonchev–Trinajstić information content (AvgIpc) is 2.87. The summed E-state index contributed by atoms with van der Waals surface area (Å²) in [5.41, 5.74) is 0. The van der Waals surface area contributed by atoms with E-state index in [-0.39, 0.29) is 16.7 Å². The summed E-state index contributed by atoms with van der Waals surface area (Å²) < 4.78 is 31.8. The molecule has 8 heteroatoms. The zero-order chi connectivity index (χ0) is 14.8. The highest BCUT2D eigenvalue weighted by molar-refractivity contribution is 7.91. The lowest BCUT2D eigenvalue weighted by molar-refractivity contribution is -0.136. The molecule has 0 aliphatic carbocycles. The number of thiophene rings is 1. The van der Waals surface area contributed by atoms with Crippen LogP contribution in [0.1, 0.15) is 17.7 Å². The van der Waals surface area contributed by atoms with Crippen molar-refractivity contribution < 1.29 is 23.1 Å². The molecule has 1 fully saturated rings. The summed E-state index contributed by atoms with van der Waals surface area (Å²) in [6.45, 7) is 0.833. The SMILES string of the molecule is COC1CCCN(S(=O)(=O)c2ccc(CC(=O)O)s2)C1. The van der Waals surface area contributed by atoms with Crippen LogP contribution < -0.4 is 0 Å². The van der Waals surface area contributed by atoms with Crippen LogP contribution in [0.2, 0.25) is 0 Å². The summed E-state index contributed by atoms with van der Waals surface area (Å²) in [5.74, 6) is -0.965. The molecule has 0 radical (unpaired) electrons. The Morgan fingerprint density at radius 3 is 2.95 bits per heavy atom. The van der Waals surface area contributed by atoms with Crippen LogP contribution in [-0.2, 0) is 26.0 Å². The van der Waals surface area contributed by atoms with E-state index in [1.54, 1.807) is 13.2 Å². The van der Waals surface area contributed by atoms with Crippen molar-refractivity contribution >= 4 is 27.3 Å². The van der Waals surface area contributed by atoms with E-state index >= 15 is 0 Å². The number of piperidine rings is 1. The third-order valence-electron chi connectivity index (χ3n) is 3.23. The first kappa shape index (κ1) is 15.4. The molecule has 1 N–H and O–H groups in total. The van der Waals surface area contributed by atoms with Gasteiger partial charge in [-0.25, -0.2) is 8.42 Å². The monoisotopic (exact) mass is 319 g/mol. The van der Waals surface area contributed by atoms with Crippen molar-refractivity contribution in [1.29, 1.82) is 0 Å². The highest BCUT2D eigenvalue weighted by Gasteiger charge is 2.31. The van der Waals surface area contributed by atoms with Crippen LogP contribution in [0.3, 0.4) is 0 Å². The van der Waals surface area contributed by atoms with E-state index in [9.17, 15) is 13.2 Å². The Bertz CT molecular complexity index is 580. The van der Waals surface area contributed by atoms with Gasteiger partial charge in [-0.1, -0.05) is 0 Å². The zero-order valence-corrected chi connectivity index (χ0v) is 12.7. The van der Waals surface area contributed by atoms with Gasteiger partial charge in [-0.15, -0.1) is 11.3 Å². The predicted octanol–water partition coefficient (Wildman–Crippen LogP) is 1.17. The highest BCUT2D eigenvalue weighted by atomic mass is 32.2. The molecule has 1 aromatic heterocycles. The molecule has 1 aliphatic heterocycles. The summed E-state index contributed by atoms with van der Waals surface area (Å²) in [4.78, 5) is 11.2. The van der Waals surface area contributed by atoms with Gasteiger partial charge in [0, 0.05) is 25.1 Å². The number of carboxylic acid groups (broad SMARTS) is 1. The van der Waals surface area contributed by atoms with E-state index in [2.05, 4.69) is 0 Å². The Hall–Kier alpha value is -0.960. The highest BCUT2D eigenvalue weighted by Crippen LogP contribution is 2.27. The third-order valence-corrected chi connectivity index (χ3v) is 6.65. The number of nitrogens with zero attached hydrogens (tertiary/aromatic N) is 1. The Kier molecular flexibility index (Phi) is 4.79. The standard InChI is InChI=1S/C12H17NO5S2/c1-18-9-3-2-6-13(8-9)20(16,17)12-5-4-10(19-12)7-11(14)15/h4-5,9H,2-3,6-8H2,1H3,(H,14,15). The van der Waals surface area contributed by atoms with Crippen molar-refractivity contribution in [3.63, 3.8) is 0 Å². The van der Waals surface area contributed by atoms with E-state index in [0.29, 0.717) is 18.0 Å². The van der Waals surface area contributed by atoms with Gasteiger partial charge in [0.05, 0.1) is 12.5 Å². The van der Waals surface area contributed by atoms with Gasteiger partial charge in [-0.05, 0) is 25.0 Å². The maximum Gasteiger partial charge on any atom is 0.308 e. The number of ether oxygens (including phenoxy) is 1. The first-order chi connectivity index (χ1) is 9.43. The fraction of sp³-hybridized carbons (Fsp3) is 0.583. The largest absolute Gasteiger partial charge is 0.481 e. The van der Waals surface area contributed by atoms with Gasteiger partial charge in [-0.2, -0.15) is 4.31 Å². The molecular formula is C12H17NO5S2. The Balaban J connectivity index is 2.17. The molecule has 0 aromatic carbocycles. The average molecular weight is 319 g/mol. The van der Waals surface area contributed by atoms with Gasteiger partial charge in [0.2, 0.25) is 0 Å². The lowest BCUT2D eigenvalue weighted by Gasteiger charge is -2.30. The van der Waals surface area contributed by atoms with Gasteiger partial charge in [-0.3, -0.25) is 4.79 Å². The van der Waals surface area contributed by atoms with E-state index in [0.717, 1.165) is 24.2 Å². The van der Waals surface area contributed by atoms with Crippen LogP contribution >= 0.6 is 11.3 Å². The van der Waals surface area contributed by atoms with Gasteiger partial charge < -0.3 is 9.84 Å². The molecule has 0 amide bonds. The van der Waals surface area contributed by atoms with E-state index < -0.39 is 16.0 Å². The van der Waals surface area contributed by atoms with Crippen molar-refractivity contribution in [2.24, 2.45) is 0 Å². The van der Waals surface area contributed by atoms with Gasteiger partial charge in [0.15, 0.2) is 0 Å². The topological polar surface area (TPSA) is 83.9 Å². The lowest BCUT2D eigenvalue weighted by atomic mass is 10.1.